The van der Waals surface area contributed by atoms with Crippen LogP contribution in [-0.2, 0) is 25.7 Å². The van der Waals surface area contributed by atoms with E-state index in [9.17, 15) is 34.3 Å². The Morgan fingerprint density at radius 2 is 1.61 bits per heavy atom. The molecule has 16 nitrogen and oxygen atoms in total. The quantitative estimate of drug-likeness (QED) is 0.0652. The summed E-state index contributed by atoms with van der Waals surface area (Å²) in [5, 5.41) is 29.3. The van der Waals surface area contributed by atoms with Crippen LogP contribution in [0.2, 0.25) is 5.02 Å². The SMILES string of the molecule is Cc1ncsc1-c1ccc(CNC(=O)C2C[C@@H](O)CN2C(=O)[C@@H](NC(=O)CN(CCCCCOc2ccc(C(=O)N[C@H]3C(C)(C)[C@H](Oc4ccc(C#N)c(Cl)c4)C3(C)C)cc2)C(=O)OC(C)(C)C)C(C)(C)C)cc1. The largest absolute Gasteiger partial charge is 0.494 e. The molecule has 6 rings (SSSR count). The molecule has 3 atom stereocenters. The predicted molar refractivity (Wildman–Crippen MR) is 285 cm³/mol. The highest BCUT2D eigenvalue weighted by Gasteiger charge is 2.64. The maximum absolute atomic E-state index is 14.3. The van der Waals surface area contributed by atoms with Gasteiger partial charge in [-0.15, -0.1) is 11.3 Å². The summed E-state index contributed by atoms with van der Waals surface area (Å²) in [6, 6.07) is 19.5. The van der Waals surface area contributed by atoms with Gasteiger partial charge in [-0.25, -0.2) is 9.78 Å². The first-order valence-corrected chi connectivity index (χ1v) is 26.4. The molecule has 4 aromatic rings. The molecule has 2 fully saturated rings. The van der Waals surface area contributed by atoms with Crippen molar-refractivity contribution in [3.8, 4) is 28.0 Å². The summed E-state index contributed by atoms with van der Waals surface area (Å²) in [6.45, 7) is 21.1. The van der Waals surface area contributed by atoms with Gasteiger partial charge in [-0.3, -0.25) is 24.1 Å². The fourth-order valence-corrected chi connectivity index (χ4v) is 11.0. The highest BCUT2D eigenvalue weighted by atomic mass is 35.5. The molecule has 1 aromatic heterocycles. The van der Waals surface area contributed by atoms with Crippen LogP contribution in [0.3, 0.4) is 0 Å². The van der Waals surface area contributed by atoms with Gasteiger partial charge in [0.15, 0.2) is 0 Å². The zero-order valence-corrected chi connectivity index (χ0v) is 46.0. The molecule has 398 valence electrons. The van der Waals surface area contributed by atoms with Crippen LogP contribution in [0.25, 0.3) is 10.4 Å². The number of nitrogens with zero attached hydrogens (tertiary/aromatic N) is 4. The molecule has 1 saturated heterocycles. The van der Waals surface area contributed by atoms with Crippen LogP contribution in [0.15, 0.2) is 72.2 Å². The standard InChI is InChI=1S/C56H72ClN7O9S/c1-34-45(74-33-60-34)36-17-15-35(16-18-36)30-59-48(68)43-27-39(65)31-64(43)49(69)46(53(2,3)4)61-44(66)32-63(52(70)73-54(5,6)7)25-13-12-14-26-71-40-22-19-37(20-23-40)47(67)62-50-55(8,9)51(56(50,10)11)72-41-24-21-38(29-58)42(57)28-41/h15-24,28,33,39,43,46,50-51,65H,12-14,25-27,30-32H2,1-11H3,(H,59,68)(H,61,66)(H,62,67)/t39-,43?,46-,50-,51-/m1/s1. The predicted octanol–water partition coefficient (Wildman–Crippen LogP) is 8.85. The van der Waals surface area contributed by atoms with Crippen LogP contribution < -0.4 is 25.4 Å². The van der Waals surface area contributed by atoms with E-state index in [1.165, 1.54) is 9.80 Å². The number of hydrogen-bond acceptors (Lipinski definition) is 12. The van der Waals surface area contributed by atoms with E-state index in [0.717, 1.165) is 21.7 Å². The number of thiazole rings is 1. The third-order valence-electron chi connectivity index (χ3n) is 13.6. The lowest BCUT2D eigenvalue weighted by Gasteiger charge is -2.63. The molecule has 1 unspecified atom stereocenters. The van der Waals surface area contributed by atoms with Crippen molar-refractivity contribution in [2.24, 2.45) is 16.2 Å². The van der Waals surface area contributed by atoms with Gasteiger partial charge in [0.25, 0.3) is 5.91 Å². The molecule has 0 bridgehead atoms. The van der Waals surface area contributed by atoms with Crippen molar-refractivity contribution < 1.29 is 43.3 Å². The highest BCUT2D eigenvalue weighted by Crippen LogP contribution is 2.55. The molecule has 1 saturated carbocycles. The number of rotatable bonds is 19. The number of hydrogen-bond donors (Lipinski definition) is 4. The zero-order valence-electron chi connectivity index (χ0n) is 44.5. The van der Waals surface area contributed by atoms with Crippen molar-refractivity contribution in [3.63, 3.8) is 0 Å². The molecular weight excluding hydrogens is 982 g/mol. The fourth-order valence-electron chi connectivity index (χ4n) is 10.0. The summed E-state index contributed by atoms with van der Waals surface area (Å²) in [5.74, 6) is -0.570. The molecular formula is C56H72ClN7O9S. The Bertz CT molecular complexity index is 2670. The molecule has 3 aromatic carbocycles. The number of carbonyl (C=O) groups excluding carboxylic acids is 5. The molecule has 1 aliphatic carbocycles. The fraction of sp³-hybridized carbons (Fsp3) is 0.518. The van der Waals surface area contributed by atoms with E-state index in [1.807, 2.05) is 58.9 Å². The minimum Gasteiger partial charge on any atom is -0.494 e. The number of aliphatic hydroxyl groups is 1. The summed E-state index contributed by atoms with van der Waals surface area (Å²) < 4.78 is 18.0. The number of likely N-dealkylation sites (tertiary alicyclic amines) is 1. The lowest BCUT2D eigenvalue weighted by Crippen LogP contribution is -2.74. The van der Waals surface area contributed by atoms with Gasteiger partial charge in [0.1, 0.15) is 47.9 Å². The number of ether oxygens (including phenoxy) is 3. The van der Waals surface area contributed by atoms with E-state index in [1.54, 1.807) is 101 Å². The van der Waals surface area contributed by atoms with Gasteiger partial charge >= 0.3 is 6.09 Å². The Morgan fingerprint density at radius 1 is 0.946 bits per heavy atom. The van der Waals surface area contributed by atoms with E-state index in [4.69, 9.17) is 25.8 Å². The number of aliphatic hydroxyl groups excluding tert-OH is 1. The van der Waals surface area contributed by atoms with E-state index in [-0.39, 0.29) is 50.7 Å². The average Bonchev–Trinajstić information content (AvgIpc) is 3.95. The first-order chi connectivity index (χ1) is 34.7. The highest BCUT2D eigenvalue weighted by molar-refractivity contribution is 7.13. The Morgan fingerprint density at radius 3 is 2.20 bits per heavy atom. The molecule has 2 aliphatic rings. The lowest BCUT2D eigenvalue weighted by molar-refractivity contribution is -0.164. The lowest BCUT2D eigenvalue weighted by atomic mass is 9.49. The molecule has 5 amide bonds. The van der Waals surface area contributed by atoms with Gasteiger partial charge in [-0.05, 0) is 99.9 Å². The van der Waals surface area contributed by atoms with Gasteiger partial charge in [0, 0.05) is 54.6 Å². The van der Waals surface area contributed by atoms with Crippen molar-refractivity contribution in [1.29, 1.82) is 5.26 Å². The first-order valence-electron chi connectivity index (χ1n) is 25.1. The van der Waals surface area contributed by atoms with Crippen molar-refractivity contribution in [3.05, 3.63) is 99.6 Å². The van der Waals surface area contributed by atoms with Gasteiger partial charge in [-0.1, -0.05) is 84.3 Å². The molecule has 1 aliphatic heterocycles. The Balaban J connectivity index is 0.975. The molecule has 4 N–H and O–H groups in total. The molecule has 0 spiro atoms. The Kier molecular flexibility index (Phi) is 18.2. The van der Waals surface area contributed by atoms with Crippen LogP contribution in [-0.4, -0.2) is 112 Å². The molecule has 18 heteroatoms. The number of nitrogens with one attached hydrogen (secondary N) is 3. The number of carbonyl (C=O) groups is 5. The summed E-state index contributed by atoms with van der Waals surface area (Å²) in [4.78, 5) is 76.7. The van der Waals surface area contributed by atoms with E-state index in [0.29, 0.717) is 53.5 Å². The van der Waals surface area contributed by atoms with Crippen LogP contribution >= 0.6 is 22.9 Å². The van der Waals surface area contributed by atoms with Crippen LogP contribution in [0.1, 0.15) is 122 Å². The summed E-state index contributed by atoms with van der Waals surface area (Å²) in [6.07, 6.45) is 0.0145. The zero-order chi connectivity index (χ0) is 54.3. The molecule has 2 heterocycles. The number of aromatic nitrogens is 1. The smallest absolute Gasteiger partial charge is 0.410 e. The number of benzene rings is 3. The van der Waals surface area contributed by atoms with Gasteiger partial charge in [-0.2, -0.15) is 5.26 Å². The van der Waals surface area contributed by atoms with Crippen LogP contribution in [0.5, 0.6) is 11.5 Å². The second-order valence-corrected chi connectivity index (χ2v) is 23.8. The van der Waals surface area contributed by atoms with Gasteiger partial charge in [0.05, 0.1) is 39.4 Å². The minimum absolute atomic E-state index is 0.0473. The van der Waals surface area contributed by atoms with Gasteiger partial charge < -0.3 is 40.2 Å². The molecule has 0 radical (unpaired) electrons. The third kappa shape index (κ3) is 14.1. The number of unbranched alkanes of at least 4 members (excludes halogenated alkanes) is 2. The number of nitriles is 1. The molecule has 74 heavy (non-hydrogen) atoms. The van der Waals surface area contributed by atoms with Crippen LogP contribution in [0, 0.1) is 34.5 Å². The van der Waals surface area contributed by atoms with Crippen molar-refractivity contribution in [2.45, 2.75) is 144 Å². The number of amides is 5. The first kappa shape index (κ1) is 57.1. The van der Waals surface area contributed by atoms with Crippen molar-refractivity contribution in [1.82, 2.24) is 30.7 Å². The monoisotopic (exact) mass is 1050 g/mol. The van der Waals surface area contributed by atoms with Crippen LogP contribution in [0.4, 0.5) is 4.79 Å². The number of β-amino-alcohol motifs (C(OH)–C–C–N with tert-alkyl or cyclic N) is 1. The minimum atomic E-state index is -1.09. The average molecular weight is 1050 g/mol. The summed E-state index contributed by atoms with van der Waals surface area (Å²) in [5.41, 5.74) is 3.02. The van der Waals surface area contributed by atoms with E-state index >= 15 is 0 Å². The maximum Gasteiger partial charge on any atom is 0.410 e. The van der Waals surface area contributed by atoms with E-state index in [2.05, 4.69) is 27.0 Å². The normalized spacial score (nSPS) is 19.3. The van der Waals surface area contributed by atoms with E-state index < -0.39 is 63.8 Å². The third-order valence-corrected chi connectivity index (χ3v) is 14.9. The summed E-state index contributed by atoms with van der Waals surface area (Å²) in [7, 11) is 0. The summed E-state index contributed by atoms with van der Waals surface area (Å²) >= 11 is 7.81. The van der Waals surface area contributed by atoms with Crippen molar-refractivity contribution in [2.75, 3.05) is 26.2 Å². The maximum atomic E-state index is 14.3. The second kappa shape index (κ2) is 23.5. The van der Waals surface area contributed by atoms with Crippen molar-refractivity contribution >= 4 is 52.7 Å². The topological polar surface area (TPSA) is 213 Å². The van der Waals surface area contributed by atoms with Gasteiger partial charge in [0.2, 0.25) is 17.7 Å². The Labute approximate surface area is 444 Å². The number of halogens is 1. The second-order valence-electron chi connectivity index (χ2n) is 22.6. The Hall–Kier alpha value is -6.22. The number of aryl methyl sites for hydroxylation is 1.